The van der Waals surface area contributed by atoms with Crippen LogP contribution in [-0.2, 0) is 4.79 Å². The van der Waals surface area contributed by atoms with Crippen molar-refractivity contribution in [1.82, 2.24) is 24.6 Å². The first-order valence-electron chi connectivity index (χ1n) is 9.17. The molecule has 3 N–H and O–H groups in total. The molecule has 1 aliphatic carbocycles. The molecular weight excluding hydrogens is 430 g/mol. The number of H-pyrrole nitrogens is 1. The first-order chi connectivity index (χ1) is 14.9. The van der Waals surface area contributed by atoms with E-state index in [1.807, 2.05) is 0 Å². The highest BCUT2D eigenvalue weighted by atomic mass is 35.5. The lowest BCUT2D eigenvalue weighted by atomic mass is 9.99. The normalized spacial score (nSPS) is 18.8. The number of aromatic nitrogens is 5. The molecule has 0 unspecified atom stereocenters. The molecule has 1 amide bonds. The monoisotopic (exact) mass is 442 g/mol. The summed E-state index contributed by atoms with van der Waals surface area (Å²) in [6, 6.07) is 0. The Hall–Kier alpha value is -3.55. The zero-order valence-electron chi connectivity index (χ0n) is 15.6. The van der Waals surface area contributed by atoms with Crippen molar-refractivity contribution >= 4 is 39.9 Å². The number of hydrogen-bond donors (Lipinski definition) is 3. The summed E-state index contributed by atoms with van der Waals surface area (Å²) in [5.74, 6) is 0.344. The van der Waals surface area contributed by atoms with E-state index in [0.29, 0.717) is 16.7 Å². The van der Waals surface area contributed by atoms with Gasteiger partial charge in [0.1, 0.15) is 12.3 Å². The van der Waals surface area contributed by atoms with Crippen molar-refractivity contribution in [3.63, 3.8) is 0 Å². The summed E-state index contributed by atoms with van der Waals surface area (Å²) >= 11 is 6.30. The first-order valence-corrected chi connectivity index (χ1v) is 9.55. The van der Waals surface area contributed by atoms with Gasteiger partial charge in [0.15, 0.2) is 17.3 Å². The third-order valence-electron chi connectivity index (χ3n) is 5.16. The Kier molecular flexibility index (Phi) is 4.39. The Morgan fingerprint density at radius 2 is 2.23 bits per heavy atom. The summed E-state index contributed by atoms with van der Waals surface area (Å²) in [6.45, 7) is 0. The van der Waals surface area contributed by atoms with E-state index in [4.69, 9.17) is 18.0 Å². The molecule has 156 valence electrons. The van der Waals surface area contributed by atoms with Crippen LogP contribution in [0.25, 0.3) is 27.8 Å². The van der Waals surface area contributed by atoms with Gasteiger partial charge in [0, 0.05) is 17.1 Å². The van der Waals surface area contributed by atoms with E-state index in [9.17, 15) is 14.3 Å². The lowest BCUT2D eigenvalue weighted by Gasteiger charge is -2.13. The van der Waals surface area contributed by atoms with Gasteiger partial charge in [-0.15, -0.1) is 6.42 Å². The van der Waals surface area contributed by atoms with Gasteiger partial charge in [-0.05, 0) is 6.42 Å². The molecule has 0 radical (unpaired) electrons. The fourth-order valence-electron chi connectivity index (χ4n) is 3.47. The minimum absolute atomic E-state index is 0.177. The van der Waals surface area contributed by atoms with Gasteiger partial charge in [0.25, 0.3) is 0 Å². The van der Waals surface area contributed by atoms with Gasteiger partial charge < -0.3 is 14.8 Å². The molecule has 31 heavy (non-hydrogen) atoms. The van der Waals surface area contributed by atoms with Gasteiger partial charge in [0.2, 0.25) is 5.91 Å². The van der Waals surface area contributed by atoms with E-state index in [0.717, 1.165) is 0 Å². The summed E-state index contributed by atoms with van der Waals surface area (Å²) in [6.07, 6.45) is 8.75. The van der Waals surface area contributed by atoms with Crippen LogP contribution in [0.3, 0.4) is 0 Å². The molecule has 3 heterocycles. The van der Waals surface area contributed by atoms with Crippen LogP contribution in [0.15, 0.2) is 24.8 Å². The molecule has 5 rings (SSSR count). The number of fused-ring (bicyclic) bond motifs is 2. The number of imidazole rings is 1. The van der Waals surface area contributed by atoms with Crippen molar-refractivity contribution in [2.24, 2.45) is 5.92 Å². The third-order valence-corrected chi connectivity index (χ3v) is 5.51. The summed E-state index contributed by atoms with van der Waals surface area (Å²) in [5, 5.41) is 19.3. The second kappa shape index (κ2) is 7.01. The number of benzene rings is 1. The molecule has 1 saturated carbocycles. The molecule has 3 aromatic heterocycles. The van der Waals surface area contributed by atoms with Crippen molar-refractivity contribution in [3.05, 3.63) is 41.2 Å². The zero-order valence-corrected chi connectivity index (χ0v) is 16.4. The van der Waals surface area contributed by atoms with Crippen molar-refractivity contribution in [1.29, 1.82) is 0 Å². The third kappa shape index (κ3) is 3.10. The maximum Gasteiger partial charge on any atom is 0.231 e. The zero-order chi connectivity index (χ0) is 21.9. The average molecular weight is 443 g/mol. The predicted octanol–water partition coefficient (Wildman–Crippen LogP) is 3.03. The summed E-state index contributed by atoms with van der Waals surface area (Å²) in [7, 11) is 0. The van der Waals surface area contributed by atoms with Gasteiger partial charge in [0.05, 0.1) is 46.3 Å². The van der Waals surface area contributed by atoms with E-state index in [1.165, 1.54) is 18.6 Å². The van der Waals surface area contributed by atoms with Crippen molar-refractivity contribution in [2.45, 2.75) is 18.7 Å². The summed E-state index contributed by atoms with van der Waals surface area (Å²) in [4.78, 5) is 20.5. The van der Waals surface area contributed by atoms with Gasteiger partial charge >= 0.3 is 0 Å². The minimum Gasteiger partial charge on any atom is -0.376 e. The highest BCUT2D eigenvalue weighted by Gasteiger charge is 2.43. The maximum absolute atomic E-state index is 15.0. The van der Waals surface area contributed by atoms with Crippen molar-refractivity contribution in [3.8, 4) is 23.6 Å². The lowest BCUT2D eigenvalue weighted by molar-refractivity contribution is -0.117. The van der Waals surface area contributed by atoms with Gasteiger partial charge in [-0.3, -0.25) is 14.9 Å². The van der Waals surface area contributed by atoms with Crippen LogP contribution in [0.4, 0.5) is 14.6 Å². The minimum atomic E-state index is -1.51. The number of halogens is 3. The number of aromatic amines is 1. The molecule has 0 aliphatic heterocycles. The standard InChI is InChI=1S/C20H13ClF2N6O2/c1-2-12(30)16-18(23)17(21)15(9-4-25-28-19(9)16)11-6-29-7-13(26-14(29)5-24-11)27-20(31)8-3-10(8)22/h1,4-8,10,12,30H,3H2,(H,25,28)(H,27,31)/t8-,10+,12+/m1/s1. The number of aliphatic hydroxyl groups excluding tert-OH is 1. The maximum atomic E-state index is 15.0. The molecule has 1 aromatic carbocycles. The number of carbonyl (C=O) groups excluding carboxylic acids is 1. The number of carbonyl (C=O) groups is 1. The fraction of sp³-hybridized carbons (Fsp3) is 0.200. The second-order valence-corrected chi connectivity index (χ2v) is 7.53. The molecule has 8 nitrogen and oxygen atoms in total. The first kappa shape index (κ1) is 19.4. The molecule has 11 heteroatoms. The van der Waals surface area contributed by atoms with Crippen LogP contribution in [-0.4, -0.2) is 41.8 Å². The number of nitrogens with zero attached hydrogens (tertiary/aromatic N) is 4. The Balaban J connectivity index is 1.59. The smallest absolute Gasteiger partial charge is 0.231 e. The predicted molar refractivity (Wildman–Crippen MR) is 108 cm³/mol. The van der Waals surface area contributed by atoms with E-state index in [2.05, 4.69) is 31.4 Å². The molecule has 0 spiro atoms. The van der Waals surface area contributed by atoms with E-state index in [1.54, 1.807) is 10.6 Å². The van der Waals surface area contributed by atoms with E-state index >= 15 is 4.39 Å². The van der Waals surface area contributed by atoms with Gasteiger partial charge in [-0.25, -0.2) is 13.8 Å². The Morgan fingerprint density at radius 3 is 2.94 bits per heavy atom. The van der Waals surface area contributed by atoms with Crippen LogP contribution in [0.5, 0.6) is 0 Å². The van der Waals surface area contributed by atoms with E-state index in [-0.39, 0.29) is 33.9 Å². The number of alkyl halides is 1. The Bertz CT molecular complexity index is 1410. The average Bonchev–Trinajstić information content (AvgIpc) is 3.12. The van der Waals surface area contributed by atoms with Gasteiger partial charge in [-0.2, -0.15) is 5.10 Å². The topological polar surface area (TPSA) is 108 Å². The van der Waals surface area contributed by atoms with Gasteiger partial charge in [-0.1, -0.05) is 17.5 Å². The SMILES string of the molecule is C#C[C@H](O)c1c(F)c(Cl)c(-c2cn3cc(NC(=O)[C@@H]4C[C@@H]4F)nc3cn2)c2cn[nH]c12. The molecule has 0 saturated heterocycles. The number of terminal acetylenes is 1. The second-order valence-electron chi connectivity index (χ2n) is 7.16. The summed E-state index contributed by atoms with van der Waals surface area (Å²) in [5.41, 5.74) is 0.976. The quantitative estimate of drug-likeness (QED) is 0.421. The van der Waals surface area contributed by atoms with Crippen molar-refractivity contribution in [2.75, 3.05) is 5.32 Å². The number of hydrogen-bond acceptors (Lipinski definition) is 5. The fourth-order valence-corrected chi connectivity index (χ4v) is 3.77. The number of anilines is 1. The van der Waals surface area contributed by atoms with Crippen LogP contribution in [0.2, 0.25) is 5.02 Å². The largest absolute Gasteiger partial charge is 0.376 e. The van der Waals surface area contributed by atoms with Crippen LogP contribution in [0.1, 0.15) is 18.1 Å². The number of aliphatic hydroxyl groups is 1. The molecule has 3 atom stereocenters. The van der Waals surface area contributed by atoms with Crippen LogP contribution < -0.4 is 5.32 Å². The Morgan fingerprint density at radius 1 is 1.45 bits per heavy atom. The van der Waals surface area contributed by atoms with E-state index < -0.39 is 29.9 Å². The molecular formula is C20H13ClF2N6O2. The molecule has 1 fully saturated rings. The number of amides is 1. The highest BCUT2D eigenvalue weighted by Crippen LogP contribution is 2.40. The highest BCUT2D eigenvalue weighted by molar-refractivity contribution is 6.35. The number of rotatable bonds is 4. The molecule has 1 aliphatic rings. The van der Waals surface area contributed by atoms with Crippen LogP contribution >= 0.6 is 11.6 Å². The van der Waals surface area contributed by atoms with Crippen LogP contribution in [0, 0.1) is 24.1 Å². The number of nitrogens with one attached hydrogen (secondary N) is 2. The molecule has 0 bridgehead atoms. The lowest BCUT2D eigenvalue weighted by Crippen LogP contribution is -2.15. The van der Waals surface area contributed by atoms with Crippen molar-refractivity contribution < 1.29 is 18.7 Å². The summed E-state index contributed by atoms with van der Waals surface area (Å²) < 4.78 is 29.7. The molecule has 4 aromatic rings. The Labute approximate surface area is 178 Å².